The van der Waals surface area contributed by atoms with E-state index in [1.807, 2.05) is 37.3 Å². The van der Waals surface area contributed by atoms with E-state index in [9.17, 15) is 9.59 Å². The molecule has 1 aliphatic rings. The number of carbonyl (C=O) groups is 2. The average molecular weight is 437 g/mol. The SMILES string of the molecule is CC[C@H](C(=O)NC1CCCC1)N(Cc1cccc(OC)c1)C(=O)Cc1ccc(C)c(C)c1. The number of amides is 2. The lowest BCUT2D eigenvalue weighted by atomic mass is 10.0. The van der Waals surface area contributed by atoms with Gasteiger partial charge < -0.3 is 15.0 Å². The van der Waals surface area contributed by atoms with Gasteiger partial charge in [0, 0.05) is 12.6 Å². The van der Waals surface area contributed by atoms with E-state index in [1.165, 1.54) is 11.1 Å². The third kappa shape index (κ3) is 6.12. The number of benzene rings is 2. The molecule has 1 aliphatic carbocycles. The van der Waals surface area contributed by atoms with Crippen molar-refractivity contribution in [2.75, 3.05) is 7.11 Å². The largest absolute Gasteiger partial charge is 0.497 e. The molecule has 5 nitrogen and oxygen atoms in total. The van der Waals surface area contributed by atoms with Crippen molar-refractivity contribution < 1.29 is 14.3 Å². The van der Waals surface area contributed by atoms with Crippen molar-refractivity contribution >= 4 is 11.8 Å². The van der Waals surface area contributed by atoms with Crippen LogP contribution in [0.3, 0.4) is 0 Å². The van der Waals surface area contributed by atoms with Crippen LogP contribution in [0.25, 0.3) is 0 Å². The molecular weight excluding hydrogens is 400 g/mol. The highest BCUT2D eigenvalue weighted by Crippen LogP contribution is 2.21. The van der Waals surface area contributed by atoms with Crippen LogP contribution in [0.4, 0.5) is 0 Å². The summed E-state index contributed by atoms with van der Waals surface area (Å²) in [6.45, 7) is 6.47. The number of methoxy groups -OCH3 is 1. The molecule has 1 fully saturated rings. The fourth-order valence-corrected chi connectivity index (χ4v) is 4.44. The summed E-state index contributed by atoms with van der Waals surface area (Å²) in [6, 6.07) is 13.5. The van der Waals surface area contributed by atoms with Gasteiger partial charge in [-0.3, -0.25) is 9.59 Å². The summed E-state index contributed by atoms with van der Waals surface area (Å²) in [4.78, 5) is 28.5. The highest BCUT2D eigenvalue weighted by molar-refractivity contribution is 5.88. The predicted octanol–water partition coefficient (Wildman–Crippen LogP) is 4.72. The maximum Gasteiger partial charge on any atom is 0.243 e. The van der Waals surface area contributed by atoms with E-state index < -0.39 is 6.04 Å². The van der Waals surface area contributed by atoms with Crippen molar-refractivity contribution in [3.8, 4) is 5.75 Å². The van der Waals surface area contributed by atoms with Crippen molar-refractivity contribution in [3.63, 3.8) is 0 Å². The summed E-state index contributed by atoms with van der Waals surface area (Å²) in [5.74, 6) is 0.660. The standard InChI is InChI=1S/C27H36N2O3/c1-5-25(27(31)28-23-10-6-7-11-23)29(18-22-9-8-12-24(16-22)32-4)26(30)17-21-14-13-19(2)20(3)15-21/h8-9,12-16,23,25H,5-7,10-11,17-18H2,1-4H3,(H,28,31)/t25-/m1/s1. The van der Waals surface area contributed by atoms with Crippen molar-refractivity contribution in [2.24, 2.45) is 0 Å². The summed E-state index contributed by atoms with van der Waals surface area (Å²) in [6.07, 6.45) is 5.20. The monoisotopic (exact) mass is 436 g/mol. The molecule has 0 radical (unpaired) electrons. The maximum atomic E-state index is 13.5. The minimum absolute atomic E-state index is 0.0375. The third-order valence-electron chi connectivity index (χ3n) is 6.50. The number of ether oxygens (including phenoxy) is 1. The van der Waals surface area contributed by atoms with Crippen LogP contribution in [0.2, 0.25) is 0 Å². The molecule has 0 saturated heterocycles. The molecule has 3 rings (SSSR count). The molecule has 0 spiro atoms. The second-order valence-electron chi connectivity index (χ2n) is 8.88. The van der Waals surface area contributed by atoms with Crippen LogP contribution in [0, 0.1) is 13.8 Å². The Morgan fingerprint density at radius 1 is 1.06 bits per heavy atom. The van der Waals surface area contributed by atoms with Gasteiger partial charge in [0.05, 0.1) is 13.5 Å². The van der Waals surface area contributed by atoms with Gasteiger partial charge in [-0.15, -0.1) is 0 Å². The fourth-order valence-electron chi connectivity index (χ4n) is 4.44. The van der Waals surface area contributed by atoms with Crippen LogP contribution in [0.5, 0.6) is 5.75 Å². The summed E-state index contributed by atoms with van der Waals surface area (Å²) in [7, 11) is 1.63. The zero-order chi connectivity index (χ0) is 23.1. The number of carbonyl (C=O) groups excluding carboxylic acids is 2. The first-order valence-corrected chi connectivity index (χ1v) is 11.7. The van der Waals surface area contributed by atoms with Crippen molar-refractivity contribution in [1.29, 1.82) is 0 Å². The first kappa shape index (κ1) is 23.8. The maximum absolute atomic E-state index is 13.5. The first-order chi connectivity index (χ1) is 15.4. The number of nitrogens with one attached hydrogen (secondary N) is 1. The Bertz CT molecular complexity index is 934. The summed E-state index contributed by atoms with van der Waals surface area (Å²) >= 11 is 0. The second kappa shape index (κ2) is 11.2. The van der Waals surface area contributed by atoms with E-state index in [0.717, 1.165) is 42.6 Å². The van der Waals surface area contributed by atoms with Crippen LogP contribution >= 0.6 is 0 Å². The van der Waals surface area contributed by atoms with Gasteiger partial charge >= 0.3 is 0 Å². The average Bonchev–Trinajstić information content (AvgIpc) is 3.29. The van der Waals surface area contributed by atoms with Crippen LogP contribution in [-0.2, 0) is 22.6 Å². The highest BCUT2D eigenvalue weighted by Gasteiger charge is 2.30. The number of hydrogen-bond acceptors (Lipinski definition) is 3. The molecule has 0 aromatic heterocycles. The van der Waals surface area contributed by atoms with Gasteiger partial charge in [-0.2, -0.15) is 0 Å². The quantitative estimate of drug-likeness (QED) is 0.619. The summed E-state index contributed by atoms with van der Waals surface area (Å²) < 4.78 is 5.36. The lowest BCUT2D eigenvalue weighted by Gasteiger charge is -2.31. The van der Waals surface area contributed by atoms with Crippen LogP contribution in [0.15, 0.2) is 42.5 Å². The molecule has 0 bridgehead atoms. The zero-order valence-corrected chi connectivity index (χ0v) is 19.8. The Balaban J connectivity index is 1.84. The van der Waals surface area contributed by atoms with Gasteiger partial charge in [-0.05, 0) is 67.5 Å². The molecule has 0 heterocycles. The Morgan fingerprint density at radius 3 is 2.47 bits per heavy atom. The predicted molar refractivity (Wildman–Crippen MR) is 128 cm³/mol. The van der Waals surface area contributed by atoms with E-state index in [0.29, 0.717) is 13.0 Å². The van der Waals surface area contributed by atoms with E-state index in [2.05, 4.69) is 31.3 Å². The topological polar surface area (TPSA) is 58.6 Å². The van der Waals surface area contributed by atoms with Gasteiger partial charge in [0.25, 0.3) is 0 Å². The van der Waals surface area contributed by atoms with Crippen LogP contribution in [-0.4, -0.2) is 35.9 Å². The number of rotatable bonds is 9. The Morgan fingerprint density at radius 2 is 1.81 bits per heavy atom. The molecule has 1 saturated carbocycles. The summed E-state index contributed by atoms with van der Waals surface area (Å²) in [5.41, 5.74) is 4.29. The molecule has 2 aromatic carbocycles. The van der Waals surface area contributed by atoms with E-state index in [-0.39, 0.29) is 24.3 Å². The smallest absolute Gasteiger partial charge is 0.243 e. The Kier molecular flexibility index (Phi) is 8.32. The molecule has 0 aliphatic heterocycles. The fraction of sp³-hybridized carbons (Fsp3) is 0.481. The Hall–Kier alpha value is -2.82. The third-order valence-corrected chi connectivity index (χ3v) is 6.50. The molecule has 2 aromatic rings. The number of aryl methyl sites for hydroxylation is 2. The van der Waals surface area contributed by atoms with Crippen molar-refractivity contribution in [3.05, 3.63) is 64.7 Å². The zero-order valence-electron chi connectivity index (χ0n) is 19.8. The van der Waals surface area contributed by atoms with Gasteiger partial charge in [-0.25, -0.2) is 0 Å². The normalized spacial score (nSPS) is 14.8. The molecule has 1 N–H and O–H groups in total. The van der Waals surface area contributed by atoms with Crippen LogP contribution < -0.4 is 10.1 Å². The molecule has 32 heavy (non-hydrogen) atoms. The van der Waals surface area contributed by atoms with Gasteiger partial charge in [0.2, 0.25) is 11.8 Å². The van der Waals surface area contributed by atoms with E-state index >= 15 is 0 Å². The molecular formula is C27H36N2O3. The van der Waals surface area contributed by atoms with Gasteiger partial charge in [-0.1, -0.05) is 50.1 Å². The minimum atomic E-state index is -0.499. The van der Waals surface area contributed by atoms with E-state index in [4.69, 9.17) is 4.74 Å². The molecule has 5 heteroatoms. The lowest BCUT2D eigenvalue weighted by molar-refractivity contribution is -0.141. The molecule has 172 valence electrons. The van der Waals surface area contributed by atoms with Crippen LogP contribution in [0.1, 0.15) is 61.3 Å². The van der Waals surface area contributed by atoms with Crippen molar-refractivity contribution in [1.82, 2.24) is 10.2 Å². The molecule has 1 atom stereocenters. The summed E-state index contributed by atoms with van der Waals surface area (Å²) in [5, 5.41) is 3.20. The lowest BCUT2D eigenvalue weighted by Crippen LogP contribution is -2.51. The van der Waals surface area contributed by atoms with E-state index in [1.54, 1.807) is 12.0 Å². The highest BCUT2D eigenvalue weighted by atomic mass is 16.5. The Labute approximate surface area is 192 Å². The minimum Gasteiger partial charge on any atom is -0.497 e. The van der Waals surface area contributed by atoms with Crippen molar-refractivity contribution in [2.45, 2.75) is 77.9 Å². The van der Waals surface area contributed by atoms with Gasteiger partial charge in [0.1, 0.15) is 11.8 Å². The number of nitrogens with zero attached hydrogens (tertiary/aromatic N) is 1. The second-order valence-corrected chi connectivity index (χ2v) is 8.88. The van der Waals surface area contributed by atoms with Gasteiger partial charge in [0.15, 0.2) is 0 Å². The molecule has 0 unspecified atom stereocenters. The number of hydrogen-bond donors (Lipinski definition) is 1. The first-order valence-electron chi connectivity index (χ1n) is 11.7. The molecule has 2 amide bonds.